The molecule has 4 rings (SSSR count). The molecule has 0 aliphatic carbocycles. The molecule has 142 valence electrons. The Morgan fingerprint density at radius 1 is 0.966 bits per heavy atom. The van der Waals surface area contributed by atoms with Crippen LogP contribution in [-0.2, 0) is 17.1 Å². The molecule has 4 aromatic rings. The maximum Gasteiger partial charge on any atom is 0.271 e. The molecule has 0 aliphatic rings. The first kappa shape index (κ1) is 18.5. The third-order valence-electron chi connectivity index (χ3n) is 4.99. The highest BCUT2D eigenvalue weighted by Gasteiger charge is 2.28. The van der Waals surface area contributed by atoms with Crippen molar-refractivity contribution in [3.05, 3.63) is 70.7 Å². The van der Waals surface area contributed by atoms with Crippen molar-refractivity contribution in [2.75, 3.05) is 0 Å². The number of aryl methyl sites for hydroxylation is 2. The molecule has 0 unspecified atom stereocenters. The van der Waals surface area contributed by atoms with E-state index in [1.165, 1.54) is 12.1 Å². The highest BCUT2D eigenvalue weighted by atomic mass is 32.2. The topological polar surface area (TPSA) is 115 Å². The summed E-state index contributed by atoms with van der Waals surface area (Å²) in [6, 6.07) is 17.3. The van der Waals surface area contributed by atoms with Crippen LogP contribution in [0.2, 0.25) is 0 Å². The Balaban J connectivity index is 2.32. The lowest BCUT2D eigenvalue weighted by Gasteiger charge is -2.14. The molecule has 0 saturated heterocycles. The number of para-hydroxylation sites is 1. The minimum atomic E-state index is -4.19. The van der Waals surface area contributed by atoms with Crippen molar-refractivity contribution in [3.8, 4) is 12.1 Å². The Morgan fingerprint density at radius 2 is 1.59 bits per heavy atom. The number of rotatable bonds is 2. The van der Waals surface area contributed by atoms with Gasteiger partial charge in [-0.1, -0.05) is 35.9 Å². The van der Waals surface area contributed by atoms with Gasteiger partial charge in [-0.15, -0.1) is 0 Å². The molecule has 0 aliphatic heterocycles. The highest BCUT2D eigenvalue weighted by Crippen LogP contribution is 2.32. The Labute approximate surface area is 166 Å². The quantitative estimate of drug-likeness (QED) is 0.556. The Bertz CT molecular complexity index is 1560. The summed E-state index contributed by atoms with van der Waals surface area (Å²) in [6.45, 7) is 1.84. The van der Waals surface area contributed by atoms with Crippen molar-refractivity contribution in [1.29, 1.82) is 15.9 Å². The molecular weight excluding hydrogens is 386 g/mol. The zero-order chi connectivity index (χ0) is 20.9. The highest BCUT2D eigenvalue weighted by molar-refractivity contribution is 7.90. The zero-order valence-corrected chi connectivity index (χ0v) is 16.4. The third kappa shape index (κ3) is 2.47. The minimum Gasteiger partial charge on any atom is -0.329 e. The predicted molar refractivity (Wildman–Crippen MR) is 107 cm³/mol. The van der Waals surface area contributed by atoms with Gasteiger partial charge in [0.15, 0.2) is 5.49 Å². The molecule has 2 aromatic carbocycles. The van der Waals surface area contributed by atoms with E-state index in [1.54, 1.807) is 48.0 Å². The molecule has 29 heavy (non-hydrogen) atoms. The molecule has 0 saturated carbocycles. The van der Waals surface area contributed by atoms with Gasteiger partial charge in [-0.05, 0) is 25.1 Å². The lowest BCUT2D eigenvalue weighted by molar-refractivity contribution is 0.585. The molecular formula is C21H15N5O2S. The smallest absolute Gasteiger partial charge is 0.271 e. The first-order valence-electron chi connectivity index (χ1n) is 8.66. The molecule has 1 N–H and O–H groups in total. The lowest BCUT2D eigenvalue weighted by atomic mass is 10.1. The van der Waals surface area contributed by atoms with E-state index >= 15 is 0 Å². The summed E-state index contributed by atoms with van der Waals surface area (Å²) in [6.07, 6.45) is 0. The van der Waals surface area contributed by atoms with Gasteiger partial charge < -0.3 is 4.57 Å². The molecule has 0 radical (unpaired) electrons. The third-order valence-corrected chi connectivity index (χ3v) is 6.70. The zero-order valence-electron chi connectivity index (χ0n) is 15.6. The van der Waals surface area contributed by atoms with E-state index in [9.17, 15) is 18.9 Å². The second kappa shape index (κ2) is 6.33. The van der Waals surface area contributed by atoms with E-state index in [1.807, 2.05) is 19.1 Å². The lowest BCUT2D eigenvalue weighted by Crippen LogP contribution is -2.31. The molecule has 7 nitrogen and oxygen atoms in total. The second-order valence-electron chi connectivity index (χ2n) is 6.68. The summed E-state index contributed by atoms with van der Waals surface area (Å²) in [4.78, 5) is 0.00162. The van der Waals surface area contributed by atoms with Crippen molar-refractivity contribution in [2.45, 2.75) is 11.8 Å². The minimum absolute atomic E-state index is 0.000318. The van der Waals surface area contributed by atoms with Crippen LogP contribution in [0.3, 0.4) is 0 Å². The van der Waals surface area contributed by atoms with Crippen LogP contribution in [0.15, 0.2) is 53.4 Å². The number of hydrogen-bond donors (Lipinski definition) is 1. The van der Waals surface area contributed by atoms with Gasteiger partial charge in [0, 0.05) is 17.8 Å². The van der Waals surface area contributed by atoms with Crippen molar-refractivity contribution >= 4 is 32.0 Å². The molecule has 0 bridgehead atoms. The SMILES string of the molecule is Cc1ccc(S(=O)(=O)n2c(=N)c(C#N)c(C#N)c3c4ccccc4n(C)c32)cc1. The normalized spacial score (nSPS) is 11.4. The van der Waals surface area contributed by atoms with E-state index in [0.29, 0.717) is 16.3 Å². The Hall–Kier alpha value is -3.88. The number of nitrogens with one attached hydrogen (secondary N) is 1. The predicted octanol–water partition coefficient (Wildman–Crippen LogP) is 2.90. The summed E-state index contributed by atoms with van der Waals surface area (Å²) < 4.78 is 29.5. The van der Waals surface area contributed by atoms with E-state index in [2.05, 4.69) is 0 Å². The first-order chi connectivity index (χ1) is 13.8. The van der Waals surface area contributed by atoms with Crippen LogP contribution in [0, 0.1) is 35.0 Å². The summed E-state index contributed by atoms with van der Waals surface area (Å²) >= 11 is 0. The summed E-state index contributed by atoms with van der Waals surface area (Å²) in [5.74, 6) is 0. The van der Waals surface area contributed by atoms with Crippen molar-refractivity contribution in [1.82, 2.24) is 8.54 Å². The van der Waals surface area contributed by atoms with Crippen molar-refractivity contribution < 1.29 is 8.42 Å². The van der Waals surface area contributed by atoms with Crippen LogP contribution in [0.25, 0.3) is 21.9 Å². The number of fused-ring (bicyclic) bond motifs is 3. The van der Waals surface area contributed by atoms with Gasteiger partial charge in [0.25, 0.3) is 10.0 Å². The van der Waals surface area contributed by atoms with Gasteiger partial charge in [-0.2, -0.15) is 10.5 Å². The van der Waals surface area contributed by atoms with Crippen LogP contribution in [0.4, 0.5) is 0 Å². The van der Waals surface area contributed by atoms with E-state index in [0.717, 1.165) is 9.54 Å². The van der Waals surface area contributed by atoms with E-state index < -0.39 is 15.5 Å². The van der Waals surface area contributed by atoms with E-state index in [-0.39, 0.29) is 21.7 Å². The average molecular weight is 401 g/mol. The van der Waals surface area contributed by atoms with Gasteiger partial charge >= 0.3 is 0 Å². The molecule has 2 heterocycles. The van der Waals surface area contributed by atoms with Gasteiger partial charge in [-0.25, -0.2) is 12.4 Å². The van der Waals surface area contributed by atoms with Crippen molar-refractivity contribution in [3.63, 3.8) is 0 Å². The molecule has 2 aromatic heterocycles. The largest absolute Gasteiger partial charge is 0.329 e. The Kier molecular flexibility index (Phi) is 4.04. The van der Waals surface area contributed by atoms with Gasteiger partial charge in [-0.3, -0.25) is 5.41 Å². The number of hydrogen-bond acceptors (Lipinski definition) is 5. The standard InChI is InChI=1S/C21H15N5O2S/c1-13-7-9-14(10-8-13)29(27,28)26-20(24)17(12-23)16(11-22)19-15-5-3-4-6-18(15)25(2)21(19)26/h3-10,24H,1-2H3. The monoisotopic (exact) mass is 401 g/mol. The molecule has 0 amide bonds. The van der Waals surface area contributed by atoms with Gasteiger partial charge in [0.05, 0.1) is 16.0 Å². The summed E-state index contributed by atoms with van der Waals surface area (Å²) in [5.41, 5.74) is 0.954. The molecule has 8 heteroatoms. The maximum absolute atomic E-state index is 13.5. The van der Waals surface area contributed by atoms with Crippen LogP contribution < -0.4 is 5.49 Å². The number of nitriles is 2. The number of pyridine rings is 1. The second-order valence-corrected chi connectivity index (χ2v) is 8.47. The summed E-state index contributed by atoms with van der Waals surface area (Å²) in [5, 5.41) is 28.8. The fourth-order valence-corrected chi connectivity index (χ4v) is 5.05. The fourth-order valence-electron chi connectivity index (χ4n) is 3.59. The van der Waals surface area contributed by atoms with Crippen molar-refractivity contribution in [2.24, 2.45) is 7.05 Å². The Morgan fingerprint density at radius 3 is 2.21 bits per heavy atom. The van der Waals surface area contributed by atoms with Crippen LogP contribution >= 0.6 is 0 Å². The number of nitrogens with zero attached hydrogens (tertiary/aromatic N) is 4. The number of benzene rings is 2. The first-order valence-corrected chi connectivity index (χ1v) is 10.1. The molecule has 0 spiro atoms. The van der Waals surface area contributed by atoms with Crippen LogP contribution in [0.1, 0.15) is 16.7 Å². The van der Waals surface area contributed by atoms with Gasteiger partial charge in [0.1, 0.15) is 23.3 Å². The summed E-state index contributed by atoms with van der Waals surface area (Å²) in [7, 11) is -2.51. The fraction of sp³-hybridized carbons (Fsp3) is 0.0952. The molecule has 0 fully saturated rings. The van der Waals surface area contributed by atoms with Gasteiger partial charge in [0.2, 0.25) is 0 Å². The van der Waals surface area contributed by atoms with Crippen LogP contribution in [-0.4, -0.2) is 17.0 Å². The maximum atomic E-state index is 13.5. The van der Waals surface area contributed by atoms with E-state index in [4.69, 9.17) is 5.41 Å². The molecule has 0 atom stereocenters. The number of aromatic nitrogens is 2. The average Bonchev–Trinajstić information content (AvgIpc) is 3.00. The van der Waals surface area contributed by atoms with Crippen LogP contribution in [0.5, 0.6) is 0 Å².